The smallest absolute Gasteiger partial charge is 0.195 e. The molecule has 124 valence electrons. The van der Waals surface area contributed by atoms with Crippen molar-refractivity contribution in [3.05, 3.63) is 63.3 Å². The van der Waals surface area contributed by atoms with Gasteiger partial charge in [-0.1, -0.05) is 31.5 Å². The molecule has 0 bridgehead atoms. The van der Waals surface area contributed by atoms with Gasteiger partial charge in [0, 0.05) is 27.6 Å². The van der Waals surface area contributed by atoms with Crippen molar-refractivity contribution in [2.45, 2.75) is 19.3 Å². The molecule has 4 rings (SSSR count). The number of hydrogen-bond acceptors (Lipinski definition) is 3. The summed E-state index contributed by atoms with van der Waals surface area (Å²) in [5, 5.41) is 10.4. The predicted octanol–water partition coefficient (Wildman–Crippen LogP) is 4.57. The number of carbonyl (C=O) groups excluding carboxylic acids is 1. The van der Waals surface area contributed by atoms with Gasteiger partial charge >= 0.3 is 0 Å². The number of methoxy groups -OCH3 is 1. The predicted molar refractivity (Wildman–Crippen MR) is 96.6 cm³/mol. The molecule has 0 saturated carbocycles. The van der Waals surface area contributed by atoms with E-state index in [0.29, 0.717) is 27.5 Å². The number of ketones is 1. The Hall–Kier alpha value is -2.77. The van der Waals surface area contributed by atoms with Crippen molar-refractivity contribution in [2.24, 2.45) is 0 Å². The largest absolute Gasteiger partial charge is 0.495 e. The molecule has 0 unspecified atom stereocenters. The molecule has 0 radical (unpaired) electrons. The highest BCUT2D eigenvalue weighted by molar-refractivity contribution is 6.33. The van der Waals surface area contributed by atoms with Crippen molar-refractivity contribution in [3.8, 4) is 11.8 Å². The third-order valence-electron chi connectivity index (χ3n) is 4.99. The highest BCUT2D eigenvalue weighted by Crippen LogP contribution is 2.46. The van der Waals surface area contributed by atoms with Crippen LogP contribution in [0.15, 0.2) is 30.3 Å². The van der Waals surface area contributed by atoms with Gasteiger partial charge in [0.05, 0.1) is 29.3 Å². The van der Waals surface area contributed by atoms with Gasteiger partial charge in [0.25, 0.3) is 0 Å². The number of nitrogens with one attached hydrogen (secondary N) is 1. The van der Waals surface area contributed by atoms with E-state index in [1.54, 1.807) is 25.3 Å². The number of carbonyl (C=O) groups is 1. The van der Waals surface area contributed by atoms with Gasteiger partial charge in [-0.2, -0.15) is 5.26 Å². The molecule has 2 aromatic carbocycles. The van der Waals surface area contributed by atoms with Crippen LogP contribution in [0.5, 0.6) is 5.75 Å². The Morgan fingerprint density at radius 3 is 2.68 bits per heavy atom. The average molecular weight is 351 g/mol. The number of aromatic amines is 1. The molecule has 1 N–H and O–H groups in total. The molecule has 1 aliphatic rings. The fourth-order valence-electron chi connectivity index (χ4n) is 3.66. The Morgan fingerprint density at radius 1 is 1.24 bits per heavy atom. The summed E-state index contributed by atoms with van der Waals surface area (Å²) in [5.41, 5.74) is 3.88. The minimum Gasteiger partial charge on any atom is -0.495 e. The van der Waals surface area contributed by atoms with Crippen LogP contribution in [0.4, 0.5) is 0 Å². The summed E-state index contributed by atoms with van der Waals surface area (Å²) in [5.74, 6) is 0.484. The third kappa shape index (κ3) is 2.03. The normalized spacial score (nSPS) is 14.8. The SMILES string of the molecule is COc1cc2c(cc1Cl)C(=O)c1c([nH]c3cc(C#N)ccc13)C2(C)C. The number of nitrogens with zero attached hydrogens (tertiary/aromatic N) is 1. The van der Waals surface area contributed by atoms with E-state index < -0.39 is 5.41 Å². The summed E-state index contributed by atoms with van der Waals surface area (Å²) >= 11 is 6.26. The maximum Gasteiger partial charge on any atom is 0.195 e. The molecule has 5 heteroatoms. The van der Waals surface area contributed by atoms with E-state index in [4.69, 9.17) is 21.6 Å². The van der Waals surface area contributed by atoms with Crippen LogP contribution >= 0.6 is 11.6 Å². The second kappa shape index (κ2) is 5.11. The van der Waals surface area contributed by atoms with Gasteiger partial charge in [-0.05, 0) is 29.8 Å². The maximum atomic E-state index is 13.2. The lowest BCUT2D eigenvalue weighted by atomic mass is 9.71. The topological polar surface area (TPSA) is 65.9 Å². The van der Waals surface area contributed by atoms with Crippen molar-refractivity contribution in [1.29, 1.82) is 5.26 Å². The third-order valence-corrected chi connectivity index (χ3v) is 5.29. The van der Waals surface area contributed by atoms with Crippen LogP contribution in [0.2, 0.25) is 5.02 Å². The summed E-state index contributed by atoms with van der Waals surface area (Å²) in [6, 6.07) is 11.0. The van der Waals surface area contributed by atoms with E-state index in [-0.39, 0.29) is 5.78 Å². The van der Waals surface area contributed by atoms with Crippen LogP contribution in [-0.4, -0.2) is 17.9 Å². The molecule has 4 nitrogen and oxygen atoms in total. The summed E-state index contributed by atoms with van der Waals surface area (Å²) in [4.78, 5) is 16.6. The van der Waals surface area contributed by atoms with Crippen LogP contribution in [-0.2, 0) is 5.41 Å². The molecule has 0 spiro atoms. The number of benzene rings is 2. The zero-order valence-electron chi connectivity index (χ0n) is 14.0. The second-order valence-corrected chi connectivity index (χ2v) is 7.14. The summed E-state index contributed by atoms with van der Waals surface area (Å²) < 4.78 is 5.33. The fourth-order valence-corrected chi connectivity index (χ4v) is 3.90. The zero-order chi connectivity index (χ0) is 17.9. The Bertz CT molecular complexity index is 1100. The lowest BCUT2D eigenvalue weighted by Crippen LogP contribution is -2.30. The van der Waals surface area contributed by atoms with Crippen LogP contribution < -0.4 is 4.74 Å². The fraction of sp³-hybridized carbons (Fsp3) is 0.200. The number of ether oxygens (including phenoxy) is 1. The minimum atomic E-state index is -0.428. The molecule has 0 amide bonds. The molecule has 3 aromatic rings. The van der Waals surface area contributed by atoms with E-state index in [2.05, 4.69) is 24.9 Å². The number of hydrogen-bond donors (Lipinski definition) is 1. The van der Waals surface area contributed by atoms with Gasteiger partial charge in [-0.3, -0.25) is 4.79 Å². The molecule has 0 saturated heterocycles. The van der Waals surface area contributed by atoms with E-state index in [9.17, 15) is 4.79 Å². The molecule has 0 aliphatic heterocycles. The zero-order valence-corrected chi connectivity index (χ0v) is 14.8. The number of halogens is 1. The number of H-pyrrole nitrogens is 1. The maximum absolute atomic E-state index is 13.2. The summed E-state index contributed by atoms with van der Waals surface area (Å²) in [7, 11) is 1.56. The summed E-state index contributed by atoms with van der Waals surface area (Å²) in [6.07, 6.45) is 0. The van der Waals surface area contributed by atoms with E-state index in [1.807, 2.05) is 12.1 Å². The highest BCUT2D eigenvalue weighted by atomic mass is 35.5. The van der Waals surface area contributed by atoms with Crippen molar-refractivity contribution >= 4 is 28.3 Å². The molecular formula is C20H15ClN2O2. The van der Waals surface area contributed by atoms with Crippen molar-refractivity contribution < 1.29 is 9.53 Å². The van der Waals surface area contributed by atoms with Crippen LogP contribution in [0.25, 0.3) is 10.9 Å². The molecule has 25 heavy (non-hydrogen) atoms. The van der Waals surface area contributed by atoms with Gasteiger partial charge in [0.1, 0.15) is 5.75 Å². The van der Waals surface area contributed by atoms with Gasteiger partial charge in [-0.25, -0.2) is 0 Å². The molecule has 1 heterocycles. The van der Waals surface area contributed by atoms with Crippen molar-refractivity contribution in [2.75, 3.05) is 7.11 Å². The molecule has 1 aromatic heterocycles. The van der Waals surface area contributed by atoms with E-state index in [1.165, 1.54) is 0 Å². The standard InChI is InChI=1S/C20H15ClN2O2/c1-20(2)13-8-16(25-3)14(21)7-12(13)18(24)17-11-5-4-10(9-22)6-15(11)23-19(17)20/h4-8,23H,1-3H3. The highest BCUT2D eigenvalue weighted by Gasteiger charge is 2.40. The quantitative estimate of drug-likeness (QED) is 0.699. The minimum absolute atomic E-state index is 0.0650. The van der Waals surface area contributed by atoms with Gasteiger partial charge < -0.3 is 9.72 Å². The lowest BCUT2D eigenvalue weighted by Gasteiger charge is -2.32. The van der Waals surface area contributed by atoms with Crippen molar-refractivity contribution in [3.63, 3.8) is 0 Å². The number of rotatable bonds is 1. The lowest BCUT2D eigenvalue weighted by molar-refractivity contribution is 0.103. The summed E-state index contributed by atoms with van der Waals surface area (Å²) in [6.45, 7) is 4.12. The van der Waals surface area contributed by atoms with Crippen LogP contribution in [0.1, 0.15) is 46.6 Å². The number of nitriles is 1. The first kappa shape index (κ1) is 15.7. The van der Waals surface area contributed by atoms with Gasteiger partial charge in [0.2, 0.25) is 0 Å². The molecule has 0 fully saturated rings. The molecular weight excluding hydrogens is 336 g/mol. The average Bonchev–Trinajstić information content (AvgIpc) is 2.99. The van der Waals surface area contributed by atoms with Crippen LogP contribution in [0.3, 0.4) is 0 Å². The Morgan fingerprint density at radius 2 is 2.00 bits per heavy atom. The number of fused-ring (bicyclic) bond motifs is 4. The monoisotopic (exact) mass is 350 g/mol. The second-order valence-electron chi connectivity index (χ2n) is 6.73. The Kier molecular flexibility index (Phi) is 3.22. The Labute approximate surface area is 150 Å². The first-order valence-electron chi connectivity index (χ1n) is 7.87. The number of aromatic nitrogens is 1. The Balaban J connectivity index is 2.07. The van der Waals surface area contributed by atoms with E-state index >= 15 is 0 Å². The van der Waals surface area contributed by atoms with Gasteiger partial charge in [-0.15, -0.1) is 0 Å². The molecule has 1 aliphatic carbocycles. The van der Waals surface area contributed by atoms with Crippen LogP contribution in [0, 0.1) is 11.3 Å². The molecule has 0 atom stereocenters. The van der Waals surface area contributed by atoms with E-state index in [0.717, 1.165) is 22.2 Å². The van der Waals surface area contributed by atoms with Crippen molar-refractivity contribution in [1.82, 2.24) is 4.98 Å². The first-order chi connectivity index (χ1) is 11.9. The van der Waals surface area contributed by atoms with Gasteiger partial charge in [0.15, 0.2) is 5.78 Å². The first-order valence-corrected chi connectivity index (χ1v) is 8.25.